The maximum absolute atomic E-state index is 12.0. The highest BCUT2D eigenvalue weighted by molar-refractivity contribution is 5.80. The number of nitrogens with zero attached hydrogens (tertiary/aromatic N) is 1. The van der Waals surface area contributed by atoms with E-state index in [2.05, 4.69) is 62.3 Å². The lowest BCUT2D eigenvalue weighted by Crippen LogP contribution is -2.37. The number of aryl methyl sites for hydroxylation is 1. The molecule has 3 N–H and O–H groups in total. The molecule has 162 valence electrons. The maximum Gasteiger partial charge on any atom is 0.303 e. The molecule has 0 bridgehead atoms. The Labute approximate surface area is 178 Å². The van der Waals surface area contributed by atoms with Crippen molar-refractivity contribution in [1.29, 1.82) is 0 Å². The number of H-pyrrole nitrogens is 1. The summed E-state index contributed by atoms with van der Waals surface area (Å²) in [4.78, 5) is 30.9. The van der Waals surface area contributed by atoms with Gasteiger partial charge in [0.1, 0.15) is 5.82 Å². The third-order valence-electron chi connectivity index (χ3n) is 6.31. The van der Waals surface area contributed by atoms with Gasteiger partial charge < -0.3 is 15.4 Å². The summed E-state index contributed by atoms with van der Waals surface area (Å²) in [6.07, 6.45) is 4.16. The van der Waals surface area contributed by atoms with Crippen LogP contribution in [0.3, 0.4) is 0 Å². The Morgan fingerprint density at radius 1 is 1.27 bits per heavy atom. The van der Waals surface area contributed by atoms with E-state index in [4.69, 9.17) is 10.1 Å². The molecule has 1 heterocycles. The van der Waals surface area contributed by atoms with Gasteiger partial charge in [0.15, 0.2) is 0 Å². The van der Waals surface area contributed by atoms with Crippen LogP contribution < -0.4 is 5.32 Å². The van der Waals surface area contributed by atoms with Crippen LogP contribution in [0.25, 0.3) is 11.0 Å². The minimum absolute atomic E-state index is 0.0330. The summed E-state index contributed by atoms with van der Waals surface area (Å²) in [5, 5.41) is 11.7. The molecule has 1 aliphatic carbocycles. The predicted molar refractivity (Wildman–Crippen MR) is 118 cm³/mol. The Morgan fingerprint density at radius 3 is 2.73 bits per heavy atom. The third kappa shape index (κ3) is 5.49. The van der Waals surface area contributed by atoms with Gasteiger partial charge in [0.05, 0.1) is 17.5 Å². The van der Waals surface area contributed by atoms with Crippen LogP contribution in [0.2, 0.25) is 0 Å². The number of amides is 1. The lowest BCUT2D eigenvalue weighted by molar-refractivity contribution is -0.138. The lowest BCUT2D eigenvalue weighted by Gasteiger charge is -2.37. The number of carbonyl (C=O) groups is 2. The first-order valence-corrected chi connectivity index (χ1v) is 10.8. The van der Waals surface area contributed by atoms with Gasteiger partial charge in [-0.1, -0.05) is 31.6 Å². The van der Waals surface area contributed by atoms with Crippen LogP contribution in [0, 0.1) is 30.6 Å². The monoisotopic (exact) mass is 411 g/mol. The number of fused-ring (bicyclic) bond motifs is 1. The number of nitrogens with one attached hydrogen (secondary N) is 2. The molecule has 3 unspecified atom stereocenters. The third-order valence-corrected chi connectivity index (χ3v) is 6.31. The molecule has 0 radical (unpaired) electrons. The highest BCUT2D eigenvalue weighted by Gasteiger charge is 2.32. The first-order valence-electron chi connectivity index (χ1n) is 10.8. The van der Waals surface area contributed by atoms with E-state index in [1.54, 1.807) is 0 Å². The molecule has 3 rings (SSSR count). The second-order valence-electron chi connectivity index (χ2n) is 9.02. The first kappa shape index (κ1) is 22.1. The van der Waals surface area contributed by atoms with Gasteiger partial charge in [-0.05, 0) is 61.6 Å². The number of carboxylic acids is 1. The van der Waals surface area contributed by atoms with E-state index >= 15 is 0 Å². The van der Waals surface area contributed by atoms with Crippen molar-refractivity contribution >= 4 is 22.9 Å². The summed E-state index contributed by atoms with van der Waals surface area (Å²) in [6.45, 7) is 9.29. The van der Waals surface area contributed by atoms with E-state index in [1.165, 1.54) is 11.1 Å². The first-order chi connectivity index (χ1) is 14.2. The van der Waals surface area contributed by atoms with Gasteiger partial charge in [0, 0.05) is 19.4 Å². The number of imidazole rings is 1. The van der Waals surface area contributed by atoms with Crippen molar-refractivity contribution < 1.29 is 14.7 Å². The van der Waals surface area contributed by atoms with Crippen molar-refractivity contribution in [3.8, 4) is 0 Å². The topological polar surface area (TPSA) is 95.1 Å². The van der Waals surface area contributed by atoms with Crippen LogP contribution >= 0.6 is 0 Å². The molecule has 1 aromatic heterocycles. The Bertz CT molecular complexity index is 944. The van der Waals surface area contributed by atoms with E-state index in [-0.39, 0.29) is 24.7 Å². The molecule has 1 amide bonds. The van der Waals surface area contributed by atoms with Crippen molar-refractivity contribution in [2.45, 2.75) is 53.4 Å². The highest BCUT2D eigenvalue weighted by atomic mass is 16.4. The van der Waals surface area contributed by atoms with Crippen molar-refractivity contribution in [1.82, 2.24) is 15.3 Å². The number of allylic oxidation sites excluding steroid dienone is 1. The summed E-state index contributed by atoms with van der Waals surface area (Å²) in [6, 6.07) is 6.28. The fourth-order valence-corrected chi connectivity index (χ4v) is 4.55. The van der Waals surface area contributed by atoms with E-state index in [0.29, 0.717) is 24.3 Å². The van der Waals surface area contributed by atoms with Crippen molar-refractivity contribution in [3.63, 3.8) is 0 Å². The molecule has 0 aliphatic heterocycles. The SMILES string of the molecule is CC1=CC(CNC(=O)CCC(=O)O)C(C(C)C)CC1Cc1nc2ccc(C)cc2[nH]1. The van der Waals surface area contributed by atoms with E-state index < -0.39 is 5.97 Å². The normalized spacial score (nSPS) is 21.6. The zero-order valence-electron chi connectivity index (χ0n) is 18.4. The van der Waals surface area contributed by atoms with Crippen LogP contribution in [0.4, 0.5) is 0 Å². The Morgan fingerprint density at radius 2 is 2.03 bits per heavy atom. The largest absolute Gasteiger partial charge is 0.481 e. The number of carbonyl (C=O) groups excluding carboxylic acids is 1. The zero-order valence-corrected chi connectivity index (χ0v) is 18.4. The minimum Gasteiger partial charge on any atom is -0.481 e. The summed E-state index contributed by atoms with van der Waals surface area (Å²) >= 11 is 0. The number of rotatable bonds is 8. The van der Waals surface area contributed by atoms with Gasteiger partial charge in [-0.25, -0.2) is 4.98 Å². The number of benzene rings is 1. The maximum atomic E-state index is 12.0. The van der Waals surface area contributed by atoms with E-state index in [1.807, 2.05) is 0 Å². The van der Waals surface area contributed by atoms with Crippen molar-refractivity contribution in [3.05, 3.63) is 41.2 Å². The Kier molecular flexibility index (Phi) is 6.95. The highest BCUT2D eigenvalue weighted by Crippen LogP contribution is 2.38. The smallest absolute Gasteiger partial charge is 0.303 e. The van der Waals surface area contributed by atoms with Gasteiger partial charge in [-0.2, -0.15) is 0 Å². The second kappa shape index (κ2) is 9.45. The Hall–Kier alpha value is -2.63. The van der Waals surface area contributed by atoms with Crippen LogP contribution in [-0.4, -0.2) is 33.5 Å². The van der Waals surface area contributed by atoms with Crippen LogP contribution in [0.1, 0.15) is 51.4 Å². The fraction of sp³-hybridized carbons (Fsp3) is 0.542. The molecule has 0 fully saturated rings. The van der Waals surface area contributed by atoms with Gasteiger partial charge in [-0.3, -0.25) is 9.59 Å². The van der Waals surface area contributed by atoms with Crippen molar-refractivity contribution in [2.24, 2.45) is 23.7 Å². The molecule has 2 aromatic rings. The molecular formula is C24H33N3O3. The average molecular weight is 412 g/mol. The quantitative estimate of drug-likeness (QED) is 0.566. The fourth-order valence-electron chi connectivity index (χ4n) is 4.55. The molecule has 30 heavy (non-hydrogen) atoms. The Balaban J connectivity index is 1.68. The van der Waals surface area contributed by atoms with Gasteiger partial charge >= 0.3 is 5.97 Å². The summed E-state index contributed by atoms with van der Waals surface area (Å²) in [5.74, 6) is 1.55. The van der Waals surface area contributed by atoms with Gasteiger partial charge in [-0.15, -0.1) is 0 Å². The number of aliphatic carboxylic acids is 1. The number of carboxylic acid groups (broad SMARTS) is 1. The van der Waals surface area contributed by atoms with Crippen LogP contribution in [0.15, 0.2) is 29.8 Å². The van der Waals surface area contributed by atoms with E-state index in [9.17, 15) is 9.59 Å². The standard InChI is InChI=1S/C24H33N3O3/c1-14(2)19-11-17(12-22-26-20-6-5-15(3)9-21(20)27-22)16(4)10-18(19)13-25-23(28)7-8-24(29)30/h5-6,9-10,14,17-19H,7-8,11-13H2,1-4H3,(H,25,28)(H,26,27)(H,29,30). The van der Waals surface area contributed by atoms with Crippen LogP contribution in [-0.2, 0) is 16.0 Å². The predicted octanol–water partition coefficient (Wildman–Crippen LogP) is 4.25. The van der Waals surface area contributed by atoms with Gasteiger partial charge in [0.2, 0.25) is 5.91 Å². The second-order valence-corrected chi connectivity index (χ2v) is 9.02. The molecular weight excluding hydrogens is 378 g/mol. The summed E-state index contributed by atoms with van der Waals surface area (Å²) < 4.78 is 0. The minimum atomic E-state index is -0.942. The van der Waals surface area contributed by atoms with Crippen molar-refractivity contribution in [2.75, 3.05) is 6.54 Å². The molecule has 0 spiro atoms. The summed E-state index contributed by atoms with van der Waals surface area (Å²) in [7, 11) is 0. The average Bonchev–Trinajstić information content (AvgIpc) is 3.07. The number of aromatic amines is 1. The molecule has 1 aliphatic rings. The lowest BCUT2D eigenvalue weighted by atomic mass is 9.70. The number of aromatic nitrogens is 2. The molecule has 0 saturated carbocycles. The zero-order chi connectivity index (χ0) is 21.8. The summed E-state index contributed by atoms with van der Waals surface area (Å²) in [5.41, 5.74) is 4.66. The molecule has 6 nitrogen and oxygen atoms in total. The van der Waals surface area contributed by atoms with Gasteiger partial charge in [0.25, 0.3) is 0 Å². The molecule has 6 heteroatoms. The molecule has 0 saturated heterocycles. The van der Waals surface area contributed by atoms with Crippen LogP contribution in [0.5, 0.6) is 0 Å². The van der Waals surface area contributed by atoms with E-state index in [0.717, 1.165) is 29.7 Å². The molecule has 1 aromatic carbocycles. The molecule has 3 atom stereocenters. The number of hydrogen-bond donors (Lipinski definition) is 3. The number of hydrogen-bond acceptors (Lipinski definition) is 3.